The first-order valence-electron chi connectivity index (χ1n) is 6.05. The van der Waals surface area contributed by atoms with Crippen molar-refractivity contribution in [2.75, 3.05) is 7.11 Å². The third-order valence-electron chi connectivity index (χ3n) is 3.38. The van der Waals surface area contributed by atoms with Crippen molar-refractivity contribution < 1.29 is 9.84 Å². The summed E-state index contributed by atoms with van der Waals surface area (Å²) in [7, 11) is 1.75. The number of phenols is 1. The Morgan fingerprint density at radius 1 is 1.41 bits per heavy atom. The standard InChI is InChI=1S/C14H19NO2/c1-10-4-3-5-11(14(10)16)9-15-12-6-7-13(8-12)17-2/h3-5,9,12-13,16H,6-8H2,1-2H3. The van der Waals surface area contributed by atoms with Crippen molar-refractivity contribution in [1.29, 1.82) is 0 Å². The number of hydrogen-bond acceptors (Lipinski definition) is 3. The fourth-order valence-electron chi connectivity index (χ4n) is 2.24. The predicted molar refractivity (Wildman–Crippen MR) is 68.9 cm³/mol. The van der Waals surface area contributed by atoms with Crippen molar-refractivity contribution >= 4 is 6.21 Å². The maximum absolute atomic E-state index is 9.85. The van der Waals surface area contributed by atoms with E-state index in [1.54, 1.807) is 13.3 Å². The molecule has 1 aromatic carbocycles. The molecule has 1 fully saturated rings. The Morgan fingerprint density at radius 2 is 2.24 bits per heavy atom. The number of para-hydroxylation sites is 1. The average Bonchev–Trinajstić information content (AvgIpc) is 2.79. The van der Waals surface area contributed by atoms with Gasteiger partial charge in [0, 0.05) is 18.9 Å². The van der Waals surface area contributed by atoms with Gasteiger partial charge in [-0.15, -0.1) is 0 Å². The van der Waals surface area contributed by atoms with E-state index < -0.39 is 0 Å². The SMILES string of the molecule is COC1CCC(N=Cc2cccc(C)c2O)C1. The van der Waals surface area contributed by atoms with E-state index in [2.05, 4.69) is 4.99 Å². The van der Waals surface area contributed by atoms with Crippen LogP contribution in [0, 0.1) is 6.92 Å². The molecule has 0 radical (unpaired) electrons. The van der Waals surface area contributed by atoms with Gasteiger partial charge in [-0.05, 0) is 37.8 Å². The lowest BCUT2D eigenvalue weighted by molar-refractivity contribution is 0.108. The number of benzene rings is 1. The minimum atomic E-state index is 0.331. The summed E-state index contributed by atoms with van der Waals surface area (Å²) in [6.45, 7) is 1.89. The average molecular weight is 233 g/mol. The van der Waals surface area contributed by atoms with E-state index in [0.29, 0.717) is 17.9 Å². The maximum Gasteiger partial charge on any atom is 0.127 e. The van der Waals surface area contributed by atoms with Gasteiger partial charge in [0.2, 0.25) is 0 Å². The molecule has 0 saturated heterocycles. The van der Waals surface area contributed by atoms with Gasteiger partial charge in [-0.2, -0.15) is 0 Å². The lowest BCUT2D eigenvalue weighted by Crippen LogP contribution is -2.06. The minimum absolute atomic E-state index is 0.331. The number of phenolic OH excluding ortho intramolecular Hbond substituents is 1. The summed E-state index contributed by atoms with van der Waals surface area (Å²) in [5.41, 5.74) is 1.68. The minimum Gasteiger partial charge on any atom is -0.507 e. The molecule has 0 aromatic heterocycles. The molecule has 2 unspecified atom stereocenters. The van der Waals surface area contributed by atoms with Crippen molar-refractivity contribution in [3.63, 3.8) is 0 Å². The molecule has 3 heteroatoms. The zero-order valence-electron chi connectivity index (χ0n) is 10.4. The summed E-state index contributed by atoms with van der Waals surface area (Å²) in [5, 5.41) is 9.85. The van der Waals surface area contributed by atoms with Crippen LogP contribution >= 0.6 is 0 Å². The first kappa shape index (κ1) is 12.1. The zero-order valence-corrected chi connectivity index (χ0v) is 10.4. The first-order valence-corrected chi connectivity index (χ1v) is 6.05. The third kappa shape index (κ3) is 2.86. The normalized spacial score (nSPS) is 24.6. The van der Waals surface area contributed by atoms with Gasteiger partial charge >= 0.3 is 0 Å². The molecule has 0 aliphatic heterocycles. The number of aliphatic imine (C=N–C) groups is 1. The molecular formula is C14H19NO2. The van der Waals surface area contributed by atoms with Gasteiger partial charge in [-0.25, -0.2) is 0 Å². The van der Waals surface area contributed by atoms with E-state index >= 15 is 0 Å². The van der Waals surface area contributed by atoms with Crippen LogP contribution < -0.4 is 0 Å². The third-order valence-corrected chi connectivity index (χ3v) is 3.38. The molecule has 1 N–H and O–H groups in total. The second-order valence-corrected chi connectivity index (χ2v) is 4.62. The molecule has 0 amide bonds. The summed E-state index contributed by atoms with van der Waals surface area (Å²) in [5.74, 6) is 0.331. The summed E-state index contributed by atoms with van der Waals surface area (Å²) in [4.78, 5) is 4.53. The molecule has 0 spiro atoms. The van der Waals surface area contributed by atoms with E-state index in [1.165, 1.54) is 0 Å². The van der Waals surface area contributed by atoms with Crippen LogP contribution in [-0.2, 0) is 4.74 Å². The number of aromatic hydroxyl groups is 1. The summed E-state index contributed by atoms with van der Waals surface area (Å²) in [6, 6.07) is 6.04. The Balaban J connectivity index is 2.03. The van der Waals surface area contributed by atoms with Crippen LogP contribution in [0.4, 0.5) is 0 Å². The maximum atomic E-state index is 9.85. The highest BCUT2D eigenvalue weighted by Gasteiger charge is 2.23. The van der Waals surface area contributed by atoms with E-state index in [0.717, 1.165) is 30.4 Å². The first-order chi connectivity index (χ1) is 8.20. The van der Waals surface area contributed by atoms with Gasteiger partial charge in [-0.3, -0.25) is 4.99 Å². The van der Waals surface area contributed by atoms with Crippen LogP contribution in [0.2, 0.25) is 0 Å². The van der Waals surface area contributed by atoms with Crippen LogP contribution in [0.1, 0.15) is 30.4 Å². The Bertz CT molecular complexity index is 415. The monoisotopic (exact) mass is 233 g/mol. The summed E-state index contributed by atoms with van der Waals surface area (Å²) >= 11 is 0. The van der Waals surface area contributed by atoms with Gasteiger partial charge in [0.1, 0.15) is 5.75 Å². The Labute approximate surface area is 102 Å². The number of hydrogen-bond donors (Lipinski definition) is 1. The molecule has 0 heterocycles. The molecule has 1 saturated carbocycles. The van der Waals surface area contributed by atoms with Gasteiger partial charge in [0.15, 0.2) is 0 Å². The zero-order chi connectivity index (χ0) is 12.3. The quantitative estimate of drug-likeness (QED) is 0.815. The Kier molecular flexibility index (Phi) is 3.79. The molecule has 2 rings (SSSR count). The van der Waals surface area contributed by atoms with Crippen molar-refractivity contribution in [3.8, 4) is 5.75 Å². The molecule has 1 aromatic rings. The van der Waals surface area contributed by atoms with Gasteiger partial charge in [0.05, 0.1) is 12.1 Å². The fraction of sp³-hybridized carbons (Fsp3) is 0.500. The molecule has 0 bridgehead atoms. The highest BCUT2D eigenvalue weighted by Crippen LogP contribution is 2.25. The van der Waals surface area contributed by atoms with E-state index in [1.807, 2.05) is 25.1 Å². The summed E-state index contributed by atoms with van der Waals surface area (Å²) in [6.07, 6.45) is 5.27. The van der Waals surface area contributed by atoms with Crippen molar-refractivity contribution in [2.24, 2.45) is 4.99 Å². The van der Waals surface area contributed by atoms with Crippen molar-refractivity contribution in [2.45, 2.75) is 38.3 Å². The molecule has 17 heavy (non-hydrogen) atoms. The topological polar surface area (TPSA) is 41.8 Å². The number of rotatable bonds is 3. The second kappa shape index (κ2) is 5.32. The molecular weight excluding hydrogens is 214 g/mol. The second-order valence-electron chi connectivity index (χ2n) is 4.62. The van der Waals surface area contributed by atoms with Crippen LogP contribution in [0.15, 0.2) is 23.2 Å². The van der Waals surface area contributed by atoms with Crippen molar-refractivity contribution in [1.82, 2.24) is 0 Å². The van der Waals surface area contributed by atoms with Crippen LogP contribution in [0.25, 0.3) is 0 Å². The number of methoxy groups -OCH3 is 1. The molecule has 92 valence electrons. The Morgan fingerprint density at radius 3 is 2.94 bits per heavy atom. The number of aryl methyl sites for hydroxylation is 1. The fourth-order valence-corrected chi connectivity index (χ4v) is 2.24. The van der Waals surface area contributed by atoms with Gasteiger partial charge < -0.3 is 9.84 Å². The van der Waals surface area contributed by atoms with Crippen LogP contribution in [0.3, 0.4) is 0 Å². The highest BCUT2D eigenvalue weighted by molar-refractivity contribution is 5.84. The largest absolute Gasteiger partial charge is 0.507 e. The lowest BCUT2D eigenvalue weighted by atomic mass is 10.1. The molecule has 1 aliphatic rings. The van der Waals surface area contributed by atoms with E-state index in [4.69, 9.17) is 4.74 Å². The Hall–Kier alpha value is -1.35. The number of nitrogens with zero attached hydrogens (tertiary/aromatic N) is 1. The van der Waals surface area contributed by atoms with E-state index in [9.17, 15) is 5.11 Å². The molecule has 2 atom stereocenters. The van der Waals surface area contributed by atoms with E-state index in [-0.39, 0.29) is 0 Å². The van der Waals surface area contributed by atoms with Crippen LogP contribution in [-0.4, -0.2) is 30.6 Å². The number of ether oxygens (including phenoxy) is 1. The lowest BCUT2D eigenvalue weighted by Gasteiger charge is -2.06. The van der Waals surface area contributed by atoms with Gasteiger partial charge in [-0.1, -0.05) is 12.1 Å². The molecule has 1 aliphatic carbocycles. The molecule has 3 nitrogen and oxygen atoms in total. The van der Waals surface area contributed by atoms with Gasteiger partial charge in [0.25, 0.3) is 0 Å². The van der Waals surface area contributed by atoms with Crippen molar-refractivity contribution in [3.05, 3.63) is 29.3 Å². The van der Waals surface area contributed by atoms with Crippen LogP contribution in [0.5, 0.6) is 5.75 Å². The predicted octanol–water partition coefficient (Wildman–Crippen LogP) is 2.69. The smallest absolute Gasteiger partial charge is 0.127 e. The highest BCUT2D eigenvalue weighted by atomic mass is 16.5. The summed E-state index contributed by atoms with van der Waals surface area (Å²) < 4.78 is 5.31.